The molecular weight excluding hydrogens is 314 g/mol. The lowest BCUT2D eigenvalue weighted by atomic mass is 10.3. The average molecular weight is 331 g/mol. The Hall–Kier alpha value is -3.29. The van der Waals surface area contributed by atoms with E-state index in [0.29, 0.717) is 11.5 Å². The first-order chi connectivity index (χ1) is 11.6. The number of para-hydroxylation sites is 2. The number of benzene rings is 1. The summed E-state index contributed by atoms with van der Waals surface area (Å²) >= 11 is 0. The number of H-pyrrole nitrogens is 1. The van der Waals surface area contributed by atoms with Gasteiger partial charge in [-0.3, -0.25) is 14.4 Å². The van der Waals surface area contributed by atoms with Crippen molar-refractivity contribution in [2.45, 2.75) is 0 Å². The van der Waals surface area contributed by atoms with Gasteiger partial charge in [0.2, 0.25) is 5.43 Å². The third-order valence-corrected chi connectivity index (χ3v) is 2.99. The van der Waals surface area contributed by atoms with E-state index < -0.39 is 17.2 Å². The quantitative estimate of drug-likeness (QED) is 0.528. The minimum atomic E-state index is -0.927. The second-order valence-electron chi connectivity index (χ2n) is 4.63. The van der Waals surface area contributed by atoms with Crippen molar-refractivity contribution < 1.29 is 19.1 Å². The molecule has 0 saturated heterocycles. The van der Waals surface area contributed by atoms with E-state index in [9.17, 15) is 14.4 Å². The zero-order valence-electron chi connectivity index (χ0n) is 13.0. The molecule has 0 saturated carbocycles. The minimum Gasteiger partial charge on any atom is -0.493 e. The Labute approximate surface area is 137 Å². The Morgan fingerprint density at radius 2 is 1.88 bits per heavy atom. The maximum atomic E-state index is 11.7. The first kappa shape index (κ1) is 17.1. The van der Waals surface area contributed by atoms with Crippen LogP contribution in [0.2, 0.25) is 0 Å². The SMILES string of the molecule is COc1ccccc1OCCNC(=O)C(=O)Nc1c[nH]ccc1=O. The molecule has 0 aliphatic carbocycles. The van der Waals surface area contributed by atoms with Gasteiger partial charge in [-0.15, -0.1) is 0 Å². The number of nitrogens with one attached hydrogen (secondary N) is 3. The van der Waals surface area contributed by atoms with E-state index in [1.54, 1.807) is 18.2 Å². The highest BCUT2D eigenvalue weighted by atomic mass is 16.5. The van der Waals surface area contributed by atoms with Crippen LogP contribution in [-0.4, -0.2) is 37.1 Å². The van der Waals surface area contributed by atoms with Gasteiger partial charge in [-0.2, -0.15) is 0 Å². The summed E-state index contributed by atoms with van der Waals surface area (Å²) in [5, 5.41) is 4.63. The Morgan fingerprint density at radius 3 is 2.58 bits per heavy atom. The molecule has 1 heterocycles. The van der Waals surface area contributed by atoms with Crippen molar-refractivity contribution in [1.29, 1.82) is 0 Å². The van der Waals surface area contributed by atoms with Gasteiger partial charge in [0.1, 0.15) is 12.3 Å². The fraction of sp³-hybridized carbons (Fsp3) is 0.188. The van der Waals surface area contributed by atoms with Crippen LogP contribution >= 0.6 is 0 Å². The van der Waals surface area contributed by atoms with Gasteiger partial charge >= 0.3 is 11.8 Å². The predicted molar refractivity (Wildman–Crippen MR) is 87.2 cm³/mol. The Bertz CT molecular complexity index is 772. The average Bonchev–Trinajstić information content (AvgIpc) is 2.60. The molecule has 2 rings (SSSR count). The molecule has 8 nitrogen and oxygen atoms in total. The fourth-order valence-electron chi connectivity index (χ4n) is 1.84. The molecule has 0 unspecified atom stereocenters. The number of carbonyl (C=O) groups excluding carboxylic acids is 2. The van der Waals surface area contributed by atoms with E-state index in [1.807, 2.05) is 6.07 Å². The number of ether oxygens (including phenoxy) is 2. The molecule has 1 aromatic heterocycles. The second-order valence-corrected chi connectivity index (χ2v) is 4.63. The monoisotopic (exact) mass is 331 g/mol. The largest absolute Gasteiger partial charge is 0.493 e. The highest BCUT2D eigenvalue weighted by molar-refractivity contribution is 6.39. The van der Waals surface area contributed by atoms with Gasteiger partial charge in [-0.05, 0) is 12.1 Å². The summed E-state index contributed by atoms with van der Waals surface area (Å²) in [5.74, 6) is -0.676. The van der Waals surface area contributed by atoms with Crippen molar-refractivity contribution in [1.82, 2.24) is 10.3 Å². The van der Waals surface area contributed by atoms with E-state index in [2.05, 4.69) is 15.6 Å². The molecule has 3 N–H and O–H groups in total. The first-order valence-electron chi connectivity index (χ1n) is 7.14. The van der Waals surface area contributed by atoms with Gasteiger partial charge < -0.3 is 25.1 Å². The highest BCUT2D eigenvalue weighted by Gasteiger charge is 2.14. The number of hydrogen-bond acceptors (Lipinski definition) is 5. The number of hydrogen-bond donors (Lipinski definition) is 3. The third-order valence-electron chi connectivity index (χ3n) is 2.99. The number of methoxy groups -OCH3 is 1. The van der Waals surface area contributed by atoms with Crippen LogP contribution in [0.25, 0.3) is 0 Å². The van der Waals surface area contributed by atoms with Gasteiger partial charge in [0.05, 0.1) is 13.7 Å². The molecule has 24 heavy (non-hydrogen) atoms. The summed E-state index contributed by atoms with van der Waals surface area (Å²) in [6.45, 7) is 0.279. The number of amides is 2. The van der Waals surface area contributed by atoms with Crippen molar-refractivity contribution >= 4 is 17.5 Å². The zero-order chi connectivity index (χ0) is 17.4. The topological polar surface area (TPSA) is 110 Å². The summed E-state index contributed by atoms with van der Waals surface area (Å²) in [5.41, 5.74) is -0.391. The molecule has 2 aromatic rings. The minimum absolute atomic E-state index is 0.00271. The number of aromatic amines is 1. The number of aromatic nitrogens is 1. The van der Waals surface area contributed by atoms with Crippen molar-refractivity contribution in [3.8, 4) is 11.5 Å². The van der Waals surface area contributed by atoms with E-state index in [-0.39, 0.29) is 18.8 Å². The lowest BCUT2D eigenvalue weighted by Gasteiger charge is -2.10. The molecule has 8 heteroatoms. The number of rotatable bonds is 6. The Balaban J connectivity index is 1.78. The summed E-state index contributed by atoms with van der Waals surface area (Å²) in [6.07, 6.45) is 2.73. The number of pyridine rings is 1. The van der Waals surface area contributed by atoms with Crippen LogP contribution in [-0.2, 0) is 9.59 Å². The van der Waals surface area contributed by atoms with Crippen LogP contribution in [0.1, 0.15) is 0 Å². The Morgan fingerprint density at radius 1 is 1.12 bits per heavy atom. The fourth-order valence-corrected chi connectivity index (χ4v) is 1.84. The van der Waals surface area contributed by atoms with Crippen LogP contribution in [0.4, 0.5) is 5.69 Å². The summed E-state index contributed by atoms with van der Waals surface area (Å²) in [4.78, 5) is 37.5. The molecule has 0 fully saturated rings. The van der Waals surface area contributed by atoms with Gasteiger partial charge in [-0.1, -0.05) is 12.1 Å². The van der Waals surface area contributed by atoms with E-state index in [4.69, 9.17) is 9.47 Å². The van der Waals surface area contributed by atoms with Crippen molar-refractivity contribution in [3.63, 3.8) is 0 Å². The van der Waals surface area contributed by atoms with E-state index >= 15 is 0 Å². The van der Waals surface area contributed by atoms with Crippen LogP contribution in [0.3, 0.4) is 0 Å². The molecule has 0 atom stereocenters. The van der Waals surface area contributed by atoms with Crippen LogP contribution in [0, 0.1) is 0 Å². The highest BCUT2D eigenvalue weighted by Crippen LogP contribution is 2.25. The van der Waals surface area contributed by atoms with Gasteiger partial charge in [0.15, 0.2) is 11.5 Å². The summed E-state index contributed by atoms with van der Waals surface area (Å²) in [7, 11) is 1.53. The van der Waals surface area contributed by atoms with Crippen molar-refractivity contribution in [2.24, 2.45) is 0 Å². The normalized spacial score (nSPS) is 9.88. The van der Waals surface area contributed by atoms with E-state index in [0.717, 1.165) is 0 Å². The molecule has 0 bridgehead atoms. The molecule has 126 valence electrons. The molecule has 1 aromatic carbocycles. The van der Waals surface area contributed by atoms with Crippen LogP contribution < -0.4 is 25.5 Å². The zero-order valence-corrected chi connectivity index (χ0v) is 13.0. The third kappa shape index (κ3) is 4.60. The molecule has 0 aliphatic heterocycles. The lowest BCUT2D eigenvalue weighted by Crippen LogP contribution is -2.38. The maximum Gasteiger partial charge on any atom is 0.313 e. The van der Waals surface area contributed by atoms with Gasteiger partial charge in [-0.25, -0.2) is 0 Å². The van der Waals surface area contributed by atoms with E-state index in [1.165, 1.54) is 25.6 Å². The standard InChI is InChI=1S/C16H17N3O5/c1-23-13-4-2-3-5-14(13)24-9-8-18-15(21)16(22)19-11-10-17-7-6-12(11)20/h2-7,10H,8-9H2,1H3,(H,17,20)(H,18,21)(H,19,22). The summed E-state index contributed by atoms with van der Waals surface area (Å²) in [6, 6.07) is 8.33. The molecule has 0 radical (unpaired) electrons. The van der Waals surface area contributed by atoms with Crippen molar-refractivity contribution in [2.75, 3.05) is 25.6 Å². The lowest BCUT2D eigenvalue weighted by molar-refractivity contribution is -0.136. The van der Waals surface area contributed by atoms with Crippen LogP contribution in [0.5, 0.6) is 11.5 Å². The smallest absolute Gasteiger partial charge is 0.313 e. The molecule has 0 aliphatic rings. The molecule has 0 spiro atoms. The molecule has 2 amide bonds. The van der Waals surface area contributed by atoms with Gasteiger partial charge in [0.25, 0.3) is 0 Å². The van der Waals surface area contributed by atoms with Gasteiger partial charge in [0, 0.05) is 18.5 Å². The number of carbonyl (C=O) groups is 2. The van der Waals surface area contributed by atoms with Crippen LogP contribution in [0.15, 0.2) is 47.5 Å². The maximum absolute atomic E-state index is 11.7. The Kier molecular flexibility index (Phi) is 5.95. The second kappa shape index (κ2) is 8.37. The van der Waals surface area contributed by atoms with Crippen molar-refractivity contribution in [3.05, 3.63) is 52.9 Å². The number of anilines is 1. The first-order valence-corrected chi connectivity index (χ1v) is 7.14. The predicted octanol–water partition coefficient (Wildman–Crippen LogP) is 0.517. The molecular formula is C16H17N3O5. The summed E-state index contributed by atoms with van der Waals surface area (Å²) < 4.78 is 10.6.